The topological polar surface area (TPSA) is 49.4 Å². The van der Waals surface area contributed by atoms with Crippen molar-refractivity contribution in [3.05, 3.63) is 35.4 Å². The first-order valence-electron chi connectivity index (χ1n) is 7.45. The normalized spacial score (nSPS) is 21.3. The second kappa shape index (κ2) is 6.07. The number of fused-ring (bicyclic) bond motifs is 1. The van der Waals surface area contributed by atoms with Crippen molar-refractivity contribution in [3.8, 4) is 0 Å². The predicted octanol–water partition coefficient (Wildman–Crippen LogP) is 2.18. The second-order valence-corrected chi connectivity index (χ2v) is 8.98. The Bertz CT molecular complexity index is 594. The third kappa shape index (κ3) is 3.65. The van der Waals surface area contributed by atoms with Crippen LogP contribution in [0.1, 0.15) is 37.4 Å². The van der Waals surface area contributed by atoms with E-state index in [1.807, 2.05) is 0 Å². The Labute approximate surface area is 128 Å². The molecule has 0 heterocycles. The van der Waals surface area contributed by atoms with Gasteiger partial charge < -0.3 is 5.32 Å². The Morgan fingerprint density at radius 3 is 2.62 bits per heavy atom. The smallest absolute Gasteiger partial charge is 0.214 e. The maximum absolute atomic E-state index is 11.9. The third-order valence-corrected chi connectivity index (χ3v) is 6.28. The molecule has 5 heteroatoms. The van der Waals surface area contributed by atoms with Gasteiger partial charge in [-0.3, -0.25) is 0 Å². The molecule has 2 rings (SSSR count). The van der Waals surface area contributed by atoms with Gasteiger partial charge in [0.05, 0.1) is 5.75 Å². The maximum atomic E-state index is 11.9. The molecule has 0 fully saturated rings. The zero-order valence-electron chi connectivity index (χ0n) is 13.4. The van der Waals surface area contributed by atoms with Crippen LogP contribution in [-0.4, -0.2) is 39.1 Å². The van der Waals surface area contributed by atoms with Crippen molar-refractivity contribution in [2.75, 3.05) is 26.4 Å². The van der Waals surface area contributed by atoms with Crippen molar-refractivity contribution in [1.82, 2.24) is 9.62 Å². The highest BCUT2D eigenvalue weighted by atomic mass is 32.2. The summed E-state index contributed by atoms with van der Waals surface area (Å²) in [6, 6.07) is 8.68. The lowest BCUT2D eigenvalue weighted by Crippen LogP contribution is -2.41. The molecule has 0 aromatic heterocycles. The molecule has 0 saturated carbocycles. The van der Waals surface area contributed by atoms with E-state index in [2.05, 4.69) is 43.4 Å². The van der Waals surface area contributed by atoms with Crippen molar-refractivity contribution >= 4 is 10.0 Å². The summed E-state index contributed by atoms with van der Waals surface area (Å²) in [6.07, 6.45) is 2.21. The molecule has 1 aliphatic carbocycles. The summed E-state index contributed by atoms with van der Waals surface area (Å²) in [5.41, 5.74) is 2.83. The van der Waals surface area contributed by atoms with E-state index >= 15 is 0 Å². The van der Waals surface area contributed by atoms with Crippen LogP contribution in [-0.2, 0) is 16.4 Å². The highest BCUT2D eigenvalue weighted by Crippen LogP contribution is 2.43. The minimum Gasteiger partial charge on any atom is -0.308 e. The van der Waals surface area contributed by atoms with E-state index in [4.69, 9.17) is 0 Å². The Morgan fingerprint density at radius 2 is 1.95 bits per heavy atom. The van der Waals surface area contributed by atoms with Gasteiger partial charge in [-0.2, -0.15) is 0 Å². The molecule has 1 atom stereocenters. The van der Waals surface area contributed by atoms with Crippen LogP contribution in [0.5, 0.6) is 0 Å². The van der Waals surface area contributed by atoms with Crippen LogP contribution in [0.2, 0.25) is 0 Å². The highest BCUT2D eigenvalue weighted by molar-refractivity contribution is 7.89. The molecule has 0 bridgehead atoms. The van der Waals surface area contributed by atoms with Gasteiger partial charge in [0, 0.05) is 26.7 Å². The Balaban J connectivity index is 2.11. The zero-order chi connectivity index (χ0) is 15.7. The molecule has 21 heavy (non-hydrogen) atoms. The zero-order valence-corrected chi connectivity index (χ0v) is 14.2. The average Bonchev–Trinajstić information content (AvgIpc) is 2.41. The fourth-order valence-corrected chi connectivity index (χ4v) is 3.71. The van der Waals surface area contributed by atoms with Crippen LogP contribution in [0, 0.1) is 5.41 Å². The van der Waals surface area contributed by atoms with Crippen LogP contribution in [0.4, 0.5) is 0 Å². The van der Waals surface area contributed by atoms with E-state index in [1.165, 1.54) is 15.4 Å². The minimum absolute atomic E-state index is 0.134. The lowest BCUT2D eigenvalue weighted by molar-refractivity contribution is 0.212. The maximum Gasteiger partial charge on any atom is 0.214 e. The van der Waals surface area contributed by atoms with E-state index in [0.717, 1.165) is 12.8 Å². The van der Waals surface area contributed by atoms with Crippen molar-refractivity contribution in [1.29, 1.82) is 0 Å². The molecule has 1 unspecified atom stereocenters. The van der Waals surface area contributed by atoms with E-state index in [9.17, 15) is 8.42 Å². The monoisotopic (exact) mass is 310 g/mol. The number of rotatable bonds is 5. The van der Waals surface area contributed by atoms with E-state index in [-0.39, 0.29) is 17.2 Å². The number of sulfonamides is 1. The summed E-state index contributed by atoms with van der Waals surface area (Å²) in [6.45, 7) is 4.98. The molecule has 118 valence electrons. The number of nitrogens with one attached hydrogen (secondary N) is 1. The summed E-state index contributed by atoms with van der Waals surface area (Å²) in [4.78, 5) is 0. The van der Waals surface area contributed by atoms with Crippen molar-refractivity contribution in [2.24, 2.45) is 5.41 Å². The minimum atomic E-state index is -3.14. The summed E-state index contributed by atoms with van der Waals surface area (Å²) in [5, 5.41) is 3.47. The van der Waals surface area contributed by atoms with Gasteiger partial charge in [-0.05, 0) is 29.4 Å². The third-order valence-electron chi connectivity index (χ3n) is 4.45. The average molecular weight is 310 g/mol. The molecule has 0 radical (unpaired) electrons. The van der Waals surface area contributed by atoms with Gasteiger partial charge in [0.25, 0.3) is 0 Å². The number of hydrogen-bond donors (Lipinski definition) is 1. The predicted molar refractivity (Wildman–Crippen MR) is 86.8 cm³/mol. The van der Waals surface area contributed by atoms with Gasteiger partial charge in [0.15, 0.2) is 0 Å². The standard InChI is InChI=1S/C16H26N2O2S/c1-16(2)10-9-13-7-5-6-8-14(13)15(16)17-11-12-21(19,20)18(3)4/h5-8,15,17H,9-12H2,1-4H3. The Kier molecular flexibility index (Phi) is 4.76. The first kappa shape index (κ1) is 16.5. The SMILES string of the molecule is CN(C)S(=O)(=O)CCNC1c2ccccc2CCC1(C)C. The van der Waals surface area contributed by atoms with Crippen LogP contribution in [0.15, 0.2) is 24.3 Å². The van der Waals surface area contributed by atoms with Gasteiger partial charge in [-0.15, -0.1) is 0 Å². The van der Waals surface area contributed by atoms with E-state index < -0.39 is 10.0 Å². The number of nitrogens with zero attached hydrogens (tertiary/aromatic N) is 1. The summed E-state index contributed by atoms with van der Waals surface area (Å²) in [7, 11) is 0.0143. The highest BCUT2D eigenvalue weighted by Gasteiger charge is 2.35. The molecule has 1 aromatic rings. The molecule has 0 aliphatic heterocycles. The molecular weight excluding hydrogens is 284 g/mol. The van der Waals surface area contributed by atoms with Crippen LogP contribution in [0.25, 0.3) is 0 Å². The first-order chi connectivity index (χ1) is 9.74. The first-order valence-corrected chi connectivity index (χ1v) is 9.06. The van der Waals surface area contributed by atoms with Crippen LogP contribution >= 0.6 is 0 Å². The van der Waals surface area contributed by atoms with Gasteiger partial charge in [0.1, 0.15) is 0 Å². The Hall–Kier alpha value is -0.910. The molecule has 1 aliphatic rings. The lowest BCUT2D eigenvalue weighted by Gasteiger charge is -2.40. The summed E-state index contributed by atoms with van der Waals surface area (Å²) < 4.78 is 25.0. The summed E-state index contributed by atoms with van der Waals surface area (Å²) in [5.74, 6) is 0.134. The Morgan fingerprint density at radius 1 is 1.29 bits per heavy atom. The number of aryl methyl sites for hydroxylation is 1. The molecule has 0 saturated heterocycles. The van der Waals surface area contributed by atoms with Crippen molar-refractivity contribution < 1.29 is 8.42 Å². The number of hydrogen-bond acceptors (Lipinski definition) is 3. The van der Waals surface area contributed by atoms with Gasteiger partial charge in [-0.1, -0.05) is 38.1 Å². The fraction of sp³-hybridized carbons (Fsp3) is 0.625. The molecule has 0 amide bonds. The van der Waals surface area contributed by atoms with Crippen molar-refractivity contribution in [2.45, 2.75) is 32.7 Å². The van der Waals surface area contributed by atoms with E-state index in [0.29, 0.717) is 6.54 Å². The molecule has 4 nitrogen and oxygen atoms in total. The molecule has 1 aromatic carbocycles. The molecule has 0 spiro atoms. The molecular formula is C16H26N2O2S. The van der Waals surface area contributed by atoms with Gasteiger partial charge >= 0.3 is 0 Å². The fourth-order valence-electron chi connectivity index (χ4n) is 2.97. The molecule has 1 N–H and O–H groups in total. The largest absolute Gasteiger partial charge is 0.308 e. The number of benzene rings is 1. The van der Waals surface area contributed by atoms with Gasteiger partial charge in [-0.25, -0.2) is 12.7 Å². The van der Waals surface area contributed by atoms with Crippen LogP contribution in [0.3, 0.4) is 0 Å². The van der Waals surface area contributed by atoms with Crippen LogP contribution < -0.4 is 5.32 Å². The summed E-state index contributed by atoms with van der Waals surface area (Å²) >= 11 is 0. The van der Waals surface area contributed by atoms with Gasteiger partial charge in [0.2, 0.25) is 10.0 Å². The second-order valence-electron chi connectivity index (χ2n) is 6.67. The lowest BCUT2D eigenvalue weighted by atomic mass is 9.70. The van der Waals surface area contributed by atoms with E-state index in [1.54, 1.807) is 14.1 Å². The van der Waals surface area contributed by atoms with Crippen molar-refractivity contribution in [3.63, 3.8) is 0 Å². The quantitative estimate of drug-likeness (QED) is 0.907.